The Hall–Kier alpha value is -1.05. The second-order valence-corrected chi connectivity index (χ2v) is 5.46. The molecule has 3 N–H and O–H groups in total. The van der Waals surface area contributed by atoms with Gasteiger partial charge in [0.1, 0.15) is 5.82 Å². The summed E-state index contributed by atoms with van der Waals surface area (Å²) >= 11 is 4.56. The molecule has 1 aromatic rings. The van der Waals surface area contributed by atoms with E-state index < -0.39 is 15.8 Å². The van der Waals surface area contributed by atoms with E-state index in [0.717, 1.165) is 12.1 Å². The second-order valence-electron chi connectivity index (χ2n) is 3.20. The Kier molecular flexibility index (Phi) is 3.95. The van der Waals surface area contributed by atoms with Gasteiger partial charge in [-0.15, -0.1) is 0 Å². The average Bonchev–Trinajstić information content (AvgIpc) is 2.14. The number of nitrogens with two attached hydrogens (primary N) is 1. The highest BCUT2D eigenvalue weighted by Gasteiger charge is 2.16. The van der Waals surface area contributed by atoms with Crippen molar-refractivity contribution in [3.8, 4) is 0 Å². The Morgan fingerprint density at radius 2 is 2.19 bits per heavy atom. The predicted octanol–water partition coefficient (Wildman–Crippen LogP) is 0.699. The van der Waals surface area contributed by atoms with Crippen molar-refractivity contribution in [3.05, 3.63) is 29.6 Å². The van der Waals surface area contributed by atoms with Gasteiger partial charge in [-0.2, -0.15) is 0 Å². The molecule has 0 atom stereocenters. The van der Waals surface area contributed by atoms with E-state index >= 15 is 0 Å². The van der Waals surface area contributed by atoms with Crippen LogP contribution in [0.5, 0.6) is 0 Å². The van der Waals surface area contributed by atoms with Gasteiger partial charge in [-0.05, 0) is 30.7 Å². The van der Waals surface area contributed by atoms with Crippen molar-refractivity contribution in [1.82, 2.24) is 4.72 Å². The van der Waals surface area contributed by atoms with Crippen LogP contribution in [-0.4, -0.2) is 20.0 Å². The van der Waals surface area contributed by atoms with Crippen molar-refractivity contribution in [2.75, 3.05) is 6.54 Å². The van der Waals surface area contributed by atoms with E-state index in [1.165, 1.54) is 13.0 Å². The lowest BCUT2D eigenvalue weighted by atomic mass is 10.2. The molecular weight excluding hydrogens is 251 g/mol. The highest BCUT2D eigenvalue weighted by Crippen LogP contribution is 2.15. The summed E-state index contributed by atoms with van der Waals surface area (Å²) in [5.41, 5.74) is 5.51. The number of sulfonamides is 1. The molecule has 0 spiro atoms. The fraction of sp³-hybridized carbons (Fsp3) is 0.222. The normalized spacial score (nSPS) is 11.4. The third-order valence-corrected chi connectivity index (χ3v) is 3.57. The Labute approximate surface area is 98.7 Å². The minimum Gasteiger partial charge on any atom is -0.392 e. The van der Waals surface area contributed by atoms with Gasteiger partial charge in [0.05, 0.1) is 16.4 Å². The van der Waals surface area contributed by atoms with Crippen molar-refractivity contribution in [2.24, 2.45) is 5.73 Å². The van der Waals surface area contributed by atoms with Gasteiger partial charge in [0, 0.05) is 0 Å². The van der Waals surface area contributed by atoms with Gasteiger partial charge >= 0.3 is 0 Å². The number of rotatable bonds is 4. The van der Waals surface area contributed by atoms with Gasteiger partial charge in [-0.1, -0.05) is 12.2 Å². The Morgan fingerprint density at radius 1 is 1.56 bits per heavy atom. The lowest BCUT2D eigenvalue weighted by molar-refractivity contribution is 0.584. The molecule has 0 saturated carbocycles. The quantitative estimate of drug-likeness (QED) is 0.783. The summed E-state index contributed by atoms with van der Waals surface area (Å²) in [6.45, 7) is 1.40. The lowest BCUT2D eigenvalue weighted by Crippen LogP contribution is -2.32. The van der Waals surface area contributed by atoms with Crippen LogP contribution in [0.1, 0.15) is 5.56 Å². The van der Waals surface area contributed by atoms with Crippen LogP contribution in [0.2, 0.25) is 0 Å². The van der Waals surface area contributed by atoms with Gasteiger partial charge in [-0.25, -0.2) is 17.5 Å². The molecule has 0 saturated heterocycles. The number of hydrogen-bond acceptors (Lipinski definition) is 3. The SMILES string of the molecule is Cc1cc(F)ccc1S(=O)(=O)NCC(N)=S. The van der Waals surface area contributed by atoms with Crippen LogP contribution in [0.4, 0.5) is 4.39 Å². The fourth-order valence-corrected chi connectivity index (χ4v) is 2.55. The monoisotopic (exact) mass is 262 g/mol. The number of thiocarbonyl (C=S) groups is 1. The van der Waals surface area contributed by atoms with E-state index in [9.17, 15) is 12.8 Å². The van der Waals surface area contributed by atoms with E-state index in [2.05, 4.69) is 16.9 Å². The molecule has 4 nitrogen and oxygen atoms in total. The molecule has 0 heterocycles. The van der Waals surface area contributed by atoms with E-state index in [1.54, 1.807) is 0 Å². The van der Waals surface area contributed by atoms with Crippen LogP contribution < -0.4 is 10.5 Å². The topological polar surface area (TPSA) is 72.2 Å². The van der Waals surface area contributed by atoms with Gasteiger partial charge < -0.3 is 5.73 Å². The maximum absolute atomic E-state index is 12.8. The first-order valence-corrected chi connectivity index (χ1v) is 6.26. The molecule has 7 heteroatoms. The first-order chi connectivity index (χ1) is 7.33. The number of halogens is 1. The summed E-state index contributed by atoms with van der Waals surface area (Å²) < 4.78 is 38.5. The van der Waals surface area contributed by atoms with E-state index in [0.29, 0.717) is 5.56 Å². The van der Waals surface area contributed by atoms with E-state index in [1.807, 2.05) is 0 Å². The third-order valence-electron chi connectivity index (χ3n) is 1.86. The van der Waals surface area contributed by atoms with Crippen molar-refractivity contribution in [3.63, 3.8) is 0 Å². The summed E-state index contributed by atoms with van der Waals surface area (Å²) in [4.78, 5) is 0.0634. The molecule has 0 aliphatic rings. The largest absolute Gasteiger partial charge is 0.392 e. The molecule has 0 fully saturated rings. The molecule has 16 heavy (non-hydrogen) atoms. The summed E-state index contributed by atoms with van der Waals surface area (Å²) in [6, 6.07) is 3.43. The fourth-order valence-electron chi connectivity index (χ4n) is 1.16. The zero-order valence-electron chi connectivity index (χ0n) is 8.53. The zero-order chi connectivity index (χ0) is 12.3. The number of nitrogens with one attached hydrogen (secondary N) is 1. The summed E-state index contributed by atoms with van der Waals surface area (Å²) in [5, 5.41) is 0. The number of aryl methyl sites for hydroxylation is 1. The molecule has 0 radical (unpaired) electrons. The number of benzene rings is 1. The maximum atomic E-state index is 12.8. The average molecular weight is 262 g/mol. The summed E-state index contributed by atoms with van der Waals surface area (Å²) in [5.74, 6) is -0.481. The molecule has 1 rings (SSSR count). The Balaban J connectivity index is 3.03. The highest BCUT2D eigenvalue weighted by atomic mass is 32.2. The van der Waals surface area contributed by atoms with Crippen LogP contribution in [0.25, 0.3) is 0 Å². The molecular formula is C9H11FN2O2S2. The molecule has 0 bridgehead atoms. The lowest BCUT2D eigenvalue weighted by Gasteiger charge is -2.08. The molecule has 0 amide bonds. The van der Waals surface area contributed by atoms with Crippen LogP contribution >= 0.6 is 12.2 Å². The molecule has 0 unspecified atom stereocenters. The zero-order valence-corrected chi connectivity index (χ0v) is 10.2. The molecule has 1 aromatic carbocycles. The van der Waals surface area contributed by atoms with Crippen LogP contribution in [0.15, 0.2) is 23.1 Å². The van der Waals surface area contributed by atoms with E-state index in [4.69, 9.17) is 5.73 Å². The minimum atomic E-state index is -3.69. The molecule has 0 aliphatic carbocycles. The Morgan fingerprint density at radius 3 is 2.69 bits per heavy atom. The highest BCUT2D eigenvalue weighted by molar-refractivity contribution is 7.89. The van der Waals surface area contributed by atoms with Gasteiger partial charge in [-0.3, -0.25) is 0 Å². The van der Waals surface area contributed by atoms with Crippen LogP contribution in [0, 0.1) is 12.7 Å². The predicted molar refractivity (Wildman–Crippen MR) is 63.1 cm³/mol. The summed E-state index contributed by atoms with van der Waals surface area (Å²) in [6.07, 6.45) is 0. The molecule has 0 aromatic heterocycles. The van der Waals surface area contributed by atoms with Gasteiger partial charge in [0.15, 0.2) is 0 Å². The van der Waals surface area contributed by atoms with Crippen molar-refractivity contribution >= 4 is 27.2 Å². The second kappa shape index (κ2) is 4.86. The van der Waals surface area contributed by atoms with Crippen molar-refractivity contribution < 1.29 is 12.8 Å². The first-order valence-electron chi connectivity index (χ1n) is 4.37. The van der Waals surface area contributed by atoms with Crippen molar-refractivity contribution in [2.45, 2.75) is 11.8 Å². The van der Waals surface area contributed by atoms with Gasteiger partial charge in [0.2, 0.25) is 10.0 Å². The Bertz CT molecular complexity index is 514. The van der Waals surface area contributed by atoms with Crippen molar-refractivity contribution in [1.29, 1.82) is 0 Å². The molecule has 88 valence electrons. The maximum Gasteiger partial charge on any atom is 0.241 e. The van der Waals surface area contributed by atoms with Crippen LogP contribution in [0.3, 0.4) is 0 Å². The van der Waals surface area contributed by atoms with E-state index in [-0.39, 0.29) is 16.4 Å². The molecule has 0 aliphatic heterocycles. The first kappa shape index (κ1) is 13.0. The summed E-state index contributed by atoms with van der Waals surface area (Å²) in [7, 11) is -3.69. The smallest absolute Gasteiger partial charge is 0.241 e. The third kappa shape index (κ3) is 3.22. The van der Waals surface area contributed by atoms with Gasteiger partial charge in [0.25, 0.3) is 0 Å². The number of hydrogen-bond donors (Lipinski definition) is 2. The standard InChI is InChI=1S/C9H11FN2O2S2/c1-6-4-7(10)2-3-8(6)16(13,14)12-5-9(11)15/h2-4,12H,5H2,1H3,(H2,11,15). The minimum absolute atomic E-state index is 0.0187. The van der Waals surface area contributed by atoms with Crippen LogP contribution in [-0.2, 0) is 10.0 Å².